The topological polar surface area (TPSA) is 108 Å². The van der Waals surface area contributed by atoms with Crippen LogP contribution in [0.15, 0.2) is 134 Å². The lowest BCUT2D eigenvalue weighted by Gasteiger charge is -2.24. The normalized spacial score (nSPS) is 14.1. The first-order valence-electron chi connectivity index (χ1n) is 31.9. The highest BCUT2D eigenvalue weighted by Gasteiger charge is 2.27. The van der Waals surface area contributed by atoms with Crippen molar-refractivity contribution < 1.29 is 42.1 Å². The molecular weight excluding hydrogens is 1010 g/mol. The molecule has 0 saturated carbocycles. The van der Waals surface area contributed by atoms with Gasteiger partial charge in [-0.2, -0.15) is 0 Å². The van der Waals surface area contributed by atoms with Crippen molar-refractivity contribution in [3.63, 3.8) is 0 Å². The third-order valence-corrected chi connectivity index (χ3v) is 14.1. The van der Waals surface area contributed by atoms with E-state index in [0.717, 1.165) is 122 Å². The Morgan fingerprint density at radius 2 is 0.713 bits per heavy atom. The second-order valence-corrected chi connectivity index (χ2v) is 23.5. The number of hydrogen-bond acceptors (Lipinski definition) is 7. The number of likely N-dealkylation sites (N-methyl/N-ethyl adjacent to an activating group) is 1. The average Bonchev–Trinajstić information content (AvgIpc) is 3.42. The molecular formula is C70H119NO8P+. The molecule has 0 aliphatic heterocycles. The van der Waals surface area contributed by atoms with E-state index in [1.807, 2.05) is 21.1 Å². The predicted molar refractivity (Wildman–Crippen MR) is 344 cm³/mol. The summed E-state index contributed by atoms with van der Waals surface area (Å²) in [6.07, 6.45) is 86.7. The van der Waals surface area contributed by atoms with Crippen LogP contribution in [0.1, 0.15) is 245 Å². The Balaban J connectivity index is 4.14. The van der Waals surface area contributed by atoms with Crippen LogP contribution in [0.25, 0.3) is 0 Å². The van der Waals surface area contributed by atoms with Crippen LogP contribution in [0.4, 0.5) is 0 Å². The van der Waals surface area contributed by atoms with Gasteiger partial charge in [0.15, 0.2) is 6.10 Å². The standard InChI is InChI=1S/C70H118NO8P/c1-6-8-10-12-14-16-18-20-22-24-25-26-27-28-29-30-31-32-33-34-35-36-37-38-39-40-41-42-43-44-45-47-49-51-53-55-57-59-61-63-70(73)79-68(67-78-80(74,75)77-65-64-71(3,4)5)66-76-69(72)62-60-58-56-54-52-50-48-46-23-21-19-17-15-13-11-9-7-2/h8,10,14,16,20-23,25-26,28-29,31-32,34-35,37-38,40-41,43-44,68H,6-7,9,11-13,15,17-19,24,27,30,33,36,39,42,45-67H2,1-5H3/p+1/b10-8-,16-14-,22-20-,23-21-,26-25-,29-28-,32-31-,35-34-,38-37-,41-40-,44-43-. The van der Waals surface area contributed by atoms with Gasteiger partial charge in [-0.1, -0.05) is 250 Å². The van der Waals surface area contributed by atoms with Gasteiger partial charge in [0.1, 0.15) is 19.8 Å². The lowest BCUT2D eigenvalue weighted by Crippen LogP contribution is -2.37. The molecule has 0 aliphatic carbocycles. The van der Waals surface area contributed by atoms with E-state index in [9.17, 15) is 19.0 Å². The van der Waals surface area contributed by atoms with E-state index in [1.54, 1.807) is 0 Å². The molecule has 0 radical (unpaired) electrons. The van der Waals surface area contributed by atoms with Crippen molar-refractivity contribution in [2.75, 3.05) is 47.5 Å². The number of quaternary nitrogens is 1. The number of rotatable bonds is 57. The van der Waals surface area contributed by atoms with Crippen LogP contribution in [-0.4, -0.2) is 74.9 Å². The fourth-order valence-corrected chi connectivity index (χ4v) is 9.01. The van der Waals surface area contributed by atoms with Crippen molar-refractivity contribution in [3.8, 4) is 0 Å². The smallest absolute Gasteiger partial charge is 0.462 e. The van der Waals surface area contributed by atoms with Crippen LogP contribution in [0.2, 0.25) is 0 Å². The van der Waals surface area contributed by atoms with Gasteiger partial charge in [0.2, 0.25) is 0 Å². The number of allylic oxidation sites excluding steroid dienone is 22. The summed E-state index contributed by atoms with van der Waals surface area (Å²) in [6.45, 7) is 4.29. The Morgan fingerprint density at radius 3 is 1.07 bits per heavy atom. The zero-order chi connectivity index (χ0) is 58.4. The van der Waals surface area contributed by atoms with E-state index >= 15 is 0 Å². The minimum absolute atomic E-state index is 0.0234. The minimum atomic E-state index is -4.40. The van der Waals surface area contributed by atoms with Gasteiger partial charge < -0.3 is 18.9 Å². The molecule has 0 bridgehead atoms. The SMILES string of the molecule is CC/C=C\C/C=C\C/C=C\C/C=C\C/C=C\C/C=C\C/C=C\C/C=C\C/C=C\C/C=C\CCCCCCCCCCC(=O)OC(COC(=O)CCCCCCCCC/C=C\CCCCCCCC)COP(=O)(O)OCC[N+](C)(C)C. The van der Waals surface area contributed by atoms with Gasteiger partial charge in [0.05, 0.1) is 27.7 Å². The number of phosphoric ester groups is 1. The summed E-state index contributed by atoms with van der Waals surface area (Å²) >= 11 is 0. The molecule has 0 rings (SSSR count). The zero-order valence-corrected chi connectivity index (χ0v) is 52.7. The number of phosphoric acid groups is 1. The van der Waals surface area contributed by atoms with Crippen LogP contribution >= 0.6 is 7.82 Å². The van der Waals surface area contributed by atoms with E-state index in [4.69, 9.17) is 18.5 Å². The molecule has 456 valence electrons. The highest BCUT2D eigenvalue weighted by Crippen LogP contribution is 2.43. The van der Waals surface area contributed by atoms with Gasteiger partial charge in [-0.25, -0.2) is 4.57 Å². The molecule has 0 amide bonds. The van der Waals surface area contributed by atoms with Crippen LogP contribution in [0.3, 0.4) is 0 Å². The van der Waals surface area contributed by atoms with Crippen molar-refractivity contribution in [2.24, 2.45) is 0 Å². The Kier molecular flexibility index (Phi) is 56.9. The Labute approximate surface area is 491 Å². The van der Waals surface area contributed by atoms with Crippen LogP contribution < -0.4 is 0 Å². The van der Waals surface area contributed by atoms with E-state index in [0.29, 0.717) is 17.4 Å². The molecule has 9 nitrogen and oxygen atoms in total. The number of nitrogens with zero attached hydrogens (tertiary/aromatic N) is 1. The summed E-state index contributed by atoms with van der Waals surface area (Å²) in [6, 6.07) is 0. The fraction of sp³-hybridized carbons (Fsp3) is 0.657. The van der Waals surface area contributed by atoms with E-state index in [1.165, 1.54) is 89.9 Å². The zero-order valence-electron chi connectivity index (χ0n) is 51.8. The Morgan fingerprint density at radius 1 is 0.400 bits per heavy atom. The van der Waals surface area contributed by atoms with Crippen LogP contribution in [-0.2, 0) is 32.7 Å². The maximum Gasteiger partial charge on any atom is 0.472 e. The first kappa shape index (κ1) is 76.1. The first-order chi connectivity index (χ1) is 39.0. The lowest BCUT2D eigenvalue weighted by atomic mass is 10.1. The molecule has 0 aromatic carbocycles. The molecule has 0 fully saturated rings. The third-order valence-electron chi connectivity index (χ3n) is 13.2. The second kappa shape index (κ2) is 59.8. The van der Waals surface area contributed by atoms with Gasteiger partial charge in [0.25, 0.3) is 0 Å². The van der Waals surface area contributed by atoms with Crippen molar-refractivity contribution in [1.29, 1.82) is 0 Å². The van der Waals surface area contributed by atoms with Gasteiger partial charge in [-0.15, -0.1) is 0 Å². The van der Waals surface area contributed by atoms with E-state index in [-0.39, 0.29) is 32.0 Å². The molecule has 10 heteroatoms. The monoisotopic (exact) mass is 1130 g/mol. The number of unbranched alkanes of at least 4 members (excludes halogenated alkanes) is 21. The molecule has 80 heavy (non-hydrogen) atoms. The number of esters is 2. The van der Waals surface area contributed by atoms with Gasteiger partial charge in [-0.05, 0) is 116 Å². The van der Waals surface area contributed by atoms with Crippen molar-refractivity contribution in [1.82, 2.24) is 0 Å². The average molecular weight is 1130 g/mol. The van der Waals surface area contributed by atoms with Crippen molar-refractivity contribution >= 4 is 19.8 Å². The molecule has 0 spiro atoms. The van der Waals surface area contributed by atoms with E-state index in [2.05, 4.69) is 148 Å². The minimum Gasteiger partial charge on any atom is -0.462 e. The summed E-state index contributed by atoms with van der Waals surface area (Å²) in [5, 5.41) is 0. The van der Waals surface area contributed by atoms with Gasteiger partial charge in [-0.3, -0.25) is 18.6 Å². The summed E-state index contributed by atoms with van der Waals surface area (Å²) in [5.74, 6) is -0.817. The van der Waals surface area contributed by atoms with Gasteiger partial charge >= 0.3 is 19.8 Å². The number of carbonyl (C=O) groups is 2. The van der Waals surface area contributed by atoms with Crippen LogP contribution in [0.5, 0.6) is 0 Å². The Hall–Kier alpha value is -3.85. The highest BCUT2D eigenvalue weighted by molar-refractivity contribution is 7.47. The number of carbonyl (C=O) groups excluding carboxylic acids is 2. The molecule has 1 N–H and O–H groups in total. The summed E-state index contributed by atoms with van der Waals surface area (Å²) in [4.78, 5) is 35.7. The number of hydrogen-bond donors (Lipinski definition) is 1. The summed E-state index contributed by atoms with van der Waals surface area (Å²) < 4.78 is 34.6. The molecule has 2 unspecified atom stereocenters. The highest BCUT2D eigenvalue weighted by atomic mass is 31.2. The van der Waals surface area contributed by atoms with Crippen molar-refractivity contribution in [2.45, 2.75) is 251 Å². The third kappa shape index (κ3) is 63.3. The summed E-state index contributed by atoms with van der Waals surface area (Å²) in [5.41, 5.74) is 0. The molecule has 0 saturated heterocycles. The summed E-state index contributed by atoms with van der Waals surface area (Å²) in [7, 11) is 1.46. The maximum absolute atomic E-state index is 12.8. The first-order valence-corrected chi connectivity index (χ1v) is 33.4. The fourth-order valence-electron chi connectivity index (χ4n) is 8.27. The largest absolute Gasteiger partial charge is 0.472 e. The molecule has 0 aliphatic rings. The molecule has 2 atom stereocenters. The van der Waals surface area contributed by atoms with Crippen molar-refractivity contribution in [3.05, 3.63) is 134 Å². The predicted octanol–water partition coefficient (Wildman–Crippen LogP) is 20.5. The van der Waals surface area contributed by atoms with Crippen LogP contribution in [0, 0.1) is 0 Å². The maximum atomic E-state index is 12.8. The molecule has 0 aromatic rings. The number of ether oxygens (including phenoxy) is 2. The van der Waals surface area contributed by atoms with Gasteiger partial charge in [0, 0.05) is 12.8 Å². The molecule has 0 aromatic heterocycles. The lowest BCUT2D eigenvalue weighted by molar-refractivity contribution is -0.870. The molecule has 0 heterocycles. The van der Waals surface area contributed by atoms with E-state index < -0.39 is 26.5 Å². The Bertz CT molecular complexity index is 1810. The quantitative estimate of drug-likeness (QED) is 0.0211. The second-order valence-electron chi connectivity index (χ2n) is 22.1.